The molecule has 0 spiro atoms. The lowest BCUT2D eigenvalue weighted by atomic mass is 10.1. The SMILES string of the molecule is CCCCOc1ccc(C(=O)NC(=S)N2CCNC(=O)C2CC(=O)OC(C)CC)cc1. The van der Waals surface area contributed by atoms with E-state index < -0.39 is 17.9 Å². The largest absolute Gasteiger partial charge is 0.494 e. The Morgan fingerprint density at radius 2 is 2.00 bits per heavy atom. The van der Waals surface area contributed by atoms with Gasteiger partial charge in [0, 0.05) is 18.7 Å². The number of carbonyl (C=O) groups excluding carboxylic acids is 3. The van der Waals surface area contributed by atoms with Crippen LogP contribution in [0.1, 0.15) is 56.8 Å². The van der Waals surface area contributed by atoms with E-state index in [4.69, 9.17) is 21.7 Å². The molecule has 2 rings (SSSR count). The van der Waals surface area contributed by atoms with E-state index in [0.717, 1.165) is 12.8 Å². The third kappa shape index (κ3) is 7.50. The van der Waals surface area contributed by atoms with E-state index in [1.54, 1.807) is 36.1 Å². The summed E-state index contributed by atoms with van der Waals surface area (Å²) in [5.74, 6) is -0.496. The van der Waals surface area contributed by atoms with E-state index in [2.05, 4.69) is 17.6 Å². The van der Waals surface area contributed by atoms with Crippen molar-refractivity contribution in [3.05, 3.63) is 29.8 Å². The molecular formula is C22H31N3O5S. The number of rotatable bonds is 9. The molecule has 0 saturated carbocycles. The number of hydrogen-bond acceptors (Lipinski definition) is 6. The highest BCUT2D eigenvalue weighted by molar-refractivity contribution is 7.80. The maximum atomic E-state index is 12.6. The molecule has 1 fully saturated rings. The monoisotopic (exact) mass is 449 g/mol. The van der Waals surface area contributed by atoms with Gasteiger partial charge in [0.2, 0.25) is 5.91 Å². The lowest BCUT2D eigenvalue weighted by molar-refractivity contribution is -0.151. The van der Waals surface area contributed by atoms with Crippen molar-refractivity contribution in [1.82, 2.24) is 15.5 Å². The van der Waals surface area contributed by atoms with Crippen molar-refractivity contribution in [3.8, 4) is 5.75 Å². The highest BCUT2D eigenvalue weighted by atomic mass is 32.1. The molecule has 0 aromatic heterocycles. The number of amides is 2. The third-order valence-corrected chi connectivity index (χ3v) is 5.30. The summed E-state index contributed by atoms with van der Waals surface area (Å²) in [6.07, 6.45) is 2.32. The molecule has 1 aliphatic heterocycles. The molecule has 2 N–H and O–H groups in total. The van der Waals surface area contributed by atoms with Crippen molar-refractivity contribution in [2.24, 2.45) is 0 Å². The van der Waals surface area contributed by atoms with Crippen LogP contribution in [-0.4, -0.2) is 59.6 Å². The van der Waals surface area contributed by atoms with Crippen molar-refractivity contribution in [2.75, 3.05) is 19.7 Å². The molecule has 9 heteroatoms. The van der Waals surface area contributed by atoms with Gasteiger partial charge < -0.3 is 19.7 Å². The van der Waals surface area contributed by atoms with Crippen molar-refractivity contribution in [3.63, 3.8) is 0 Å². The Kier molecular flexibility index (Phi) is 9.71. The number of benzene rings is 1. The Balaban J connectivity index is 1.98. The van der Waals surface area contributed by atoms with Crippen molar-refractivity contribution in [1.29, 1.82) is 0 Å². The molecule has 8 nitrogen and oxygen atoms in total. The number of hydrogen-bond donors (Lipinski definition) is 2. The molecule has 1 saturated heterocycles. The highest BCUT2D eigenvalue weighted by Gasteiger charge is 2.34. The first kappa shape index (κ1) is 24.6. The van der Waals surface area contributed by atoms with E-state index >= 15 is 0 Å². The summed E-state index contributed by atoms with van der Waals surface area (Å²) in [5.41, 5.74) is 0.416. The van der Waals surface area contributed by atoms with Gasteiger partial charge >= 0.3 is 5.97 Å². The second-order valence-corrected chi connectivity index (χ2v) is 7.79. The number of nitrogens with one attached hydrogen (secondary N) is 2. The summed E-state index contributed by atoms with van der Waals surface area (Å²) < 4.78 is 10.9. The fourth-order valence-electron chi connectivity index (χ4n) is 2.95. The molecule has 2 unspecified atom stereocenters. The number of piperazine rings is 1. The first-order chi connectivity index (χ1) is 14.8. The predicted molar refractivity (Wildman–Crippen MR) is 121 cm³/mol. The van der Waals surface area contributed by atoms with Crippen LogP contribution < -0.4 is 15.4 Å². The van der Waals surface area contributed by atoms with Gasteiger partial charge in [0.25, 0.3) is 5.91 Å². The molecule has 0 bridgehead atoms. The Morgan fingerprint density at radius 1 is 1.29 bits per heavy atom. The Bertz CT molecular complexity index is 784. The van der Waals surface area contributed by atoms with Crippen LogP contribution in [-0.2, 0) is 14.3 Å². The van der Waals surface area contributed by atoms with Gasteiger partial charge in [0.1, 0.15) is 11.8 Å². The second-order valence-electron chi connectivity index (χ2n) is 7.40. The van der Waals surface area contributed by atoms with E-state index in [0.29, 0.717) is 37.4 Å². The average Bonchev–Trinajstić information content (AvgIpc) is 2.75. The molecule has 2 atom stereocenters. The molecule has 1 heterocycles. The molecule has 1 aromatic rings. The third-order valence-electron chi connectivity index (χ3n) is 4.96. The molecule has 1 aromatic carbocycles. The fraction of sp³-hybridized carbons (Fsp3) is 0.545. The van der Waals surface area contributed by atoms with Crippen LogP contribution >= 0.6 is 12.2 Å². The topological polar surface area (TPSA) is 97.0 Å². The zero-order chi connectivity index (χ0) is 22.8. The van der Waals surface area contributed by atoms with Gasteiger partial charge in [-0.1, -0.05) is 20.3 Å². The fourth-order valence-corrected chi connectivity index (χ4v) is 3.26. The number of unbranched alkanes of at least 4 members (excludes halogenated alkanes) is 1. The van der Waals surface area contributed by atoms with Gasteiger partial charge in [0.05, 0.1) is 19.1 Å². The van der Waals surface area contributed by atoms with Crippen molar-refractivity contribution in [2.45, 2.75) is 58.6 Å². The van der Waals surface area contributed by atoms with Gasteiger partial charge in [-0.3, -0.25) is 19.7 Å². The van der Waals surface area contributed by atoms with Gasteiger partial charge in [-0.25, -0.2) is 0 Å². The van der Waals surface area contributed by atoms with Gasteiger partial charge in [0.15, 0.2) is 5.11 Å². The first-order valence-electron chi connectivity index (χ1n) is 10.7. The number of carbonyl (C=O) groups is 3. The summed E-state index contributed by atoms with van der Waals surface area (Å²) in [6.45, 7) is 7.18. The van der Waals surface area contributed by atoms with Gasteiger partial charge in [-0.05, 0) is 56.2 Å². The Labute approximate surface area is 188 Å². The molecule has 2 amide bonds. The normalized spacial score (nSPS) is 16.8. The maximum absolute atomic E-state index is 12.6. The summed E-state index contributed by atoms with van der Waals surface area (Å²) in [6, 6.07) is 5.95. The van der Waals surface area contributed by atoms with Gasteiger partial charge in [-0.15, -0.1) is 0 Å². The second kappa shape index (κ2) is 12.2. The van der Waals surface area contributed by atoms with Crippen LogP contribution in [0.5, 0.6) is 5.75 Å². The van der Waals surface area contributed by atoms with E-state index in [9.17, 15) is 14.4 Å². The zero-order valence-corrected chi connectivity index (χ0v) is 19.1. The van der Waals surface area contributed by atoms with Crippen molar-refractivity contribution >= 4 is 35.1 Å². The van der Waals surface area contributed by atoms with Crippen LogP contribution in [0.25, 0.3) is 0 Å². The number of ether oxygens (including phenoxy) is 2. The lowest BCUT2D eigenvalue weighted by Crippen LogP contribution is -2.60. The molecule has 31 heavy (non-hydrogen) atoms. The maximum Gasteiger partial charge on any atom is 0.308 e. The predicted octanol–water partition coefficient (Wildman–Crippen LogP) is 2.41. The Hall–Kier alpha value is -2.68. The summed E-state index contributed by atoms with van der Waals surface area (Å²) in [5, 5.41) is 5.49. The smallest absolute Gasteiger partial charge is 0.308 e. The van der Waals surface area contributed by atoms with Crippen LogP contribution in [0, 0.1) is 0 Å². The molecule has 0 radical (unpaired) electrons. The lowest BCUT2D eigenvalue weighted by Gasteiger charge is -2.36. The molecule has 1 aliphatic rings. The molecular weight excluding hydrogens is 418 g/mol. The summed E-state index contributed by atoms with van der Waals surface area (Å²) >= 11 is 5.38. The highest BCUT2D eigenvalue weighted by Crippen LogP contribution is 2.15. The summed E-state index contributed by atoms with van der Waals surface area (Å²) in [4.78, 5) is 38.7. The van der Waals surface area contributed by atoms with Crippen LogP contribution in [0.3, 0.4) is 0 Å². The van der Waals surface area contributed by atoms with Crippen molar-refractivity contribution < 1.29 is 23.9 Å². The first-order valence-corrected chi connectivity index (χ1v) is 11.1. The van der Waals surface area contributed by atoms with E-state index in [-0.39, 0.29) is 23.5 Å². The summed E-state index contributed by atoms with van der Waals surface area (Å²) in [7, 11) is 0. The van der Waals surface area contributed by atoms with E-state index in [1.807, 2.05) is 6.92 Å². The zero-order valence-electron chi connectivity index (χ0n) is 18.3. The Morgan fingerprint density at radius 3 is 2.65 bits per heavy atom. The van der Waals surface area contributed by atoms with Crippen LogP contribution in [0.15, 0.2) is 24.3 Å². The number of esters is 1. The number of thiocarbonyl (C=S) groups is 1. The average molecular weight is 450 g/mol. The minimum Gasteiger partial charge on any atom is -0.494 e. The van der Waals surface area contributed by atoms with Crippen LogP contribution in [0.4, 0.5) is 0 Å². The van der Waals surface area contributed by atoms with Crippen LogP contribution in [0.2, 0.25) is 0 Å². The quantitative estimate of drug-likeness (QED) is 0.339. The van der Waals surface area contributed by atoms with Gasteiger partial charge in [-0.2, -0.15) is 0 Å². The molecule has 170 valence electrons. The minimum atomic E-state index is -0.826. The minimum absolute atomic E-state index is 0.101. The standard InChI is InChI=1S/C22H31N3O5S/c1-4-6-13-29-17-9-7-16(8-10-17)20(27)24-22(31)25-12-11-23-21(28)18(25)14-19(26)30-15(3)5-2/h7-10,15,18H,4-6,11-14H2,1-3H3,(H,23,28)(H,24,27,31). The van der Waals surface area contributed by atoms with E-state index in [1.165, 1.54) is 0 Å². The number of nitrogens with zero attached hydrogens (tertiary/aromatic N) is 1. The molecule has 0 aliphatic carbocycles.